The lowest BCUT2D eigenvalue weighted by Gasteiger charge is -2.18. The Morgan fingerprint density at radius 1 is 1.14 bits per heavy atom. The molecule has 0 aliphatic heterocycles. The third kappa shape index (κ3) is 2.20. The topological polar surface area (TPSA) is 25.2 Å². The largest absolute Gasteiger partial charge is 0.459 e. The first-order valence-electron chi connectivity index (χ1n) is 8.11. The number of nitrogens with one attached hydrogen (secondary N) is 1. The Morgan fingerprint density at radius 3 is 2.38 bits per heavy atom. The molecule has 3 rings (SSSR count). The van der Waals surface area contributed by atoms with Crippen LogP contribution in [0, 0.1) is 16.7 Å². The van der Waals surface area contributed by atoms with Crippen molar-refractivity contribution in [2.24, 2.45) is 16.7 Å². The number of furan rings is 1. The highest BCUT2D eigenvalue weighted by Gasteiger charge is 2.67. The fraction of sp³-hybridized carbons (Fsp3) is 0.579. The van der Waals surface area contributed by atoms with Gasteiger partial charge in [-0.25, -0.2) is 0 Å². The van der Waals surface area contributed by atoms with Gasteiger partial charge in [0.1, 0.15) is 11.3 Å². The van der Waals surface area contributed by atoms with Crippen molar-refractivity contribution in [3.63, 3.8) is 0 Å². The second-order valence-corrected chi connectivity index (χ2v) is 7.54. The highest BCUT2D eigenvalue weighted by molar-refractivity contribution is 5.77. The average molecular weight is 285 g/mol. The van der Waals surface area contributed by atoms with Crippen LogP contribution in [0.5, 0.6) is 0 Å². The summed E-state index contributed by atoms with van der Waals surface area (Å²) in [6.45, 7) is 12.8. The summed E-state index contributed by atoms with van der Waals surface area (Å²) in [5.41, 5.74) is 1.68. The molecule has 1 fully saturated rings. The predicted molar refractivity (Wildman–Crippen MR) is 88.3 cm³/mol. The lowest BCUT2D eigenvalue weighted by Crippen LogP contribution is -2.25. The number of hydrogen-bond donors (Lipinski definition) is 1. The van der Waals surface area contributed by atoms with Crippen molar-refractivity contribution in [1.29, 1.82) is 0 Å². The predicted octanol–water partition coefficient (Wildman–Crippen LogP) is 5.16. The highest BCUT2D eigenvalue weighted by atomic mass is 16.3. The van der Waals surface area contributed by atoms with Crippen LogP contribution in [-0.2, 0) is 0 Å². The highest BCUT2D eigenvalue weighted by Crippen LogP contribution is 2.72. The molecule has 21 heavy (non-hydrogen) atoms. The van der Waals surface area contributed by atoms with E-state index in [4.69, 9.17) is 4.42 Å². The van der Waals surface area contributed by atoms with E-state index in [0.29, 0.717) is 22.8 Å². The molecule has 1 aromatic heterocycles. The Labute approximate surface area is 127 Å². The third-order valence-electron chi connectivity index (χ3n) is 5.83. The average Bonchev–Trinajstić information content (AvgIpc) is 2.79. The fourth-order valence-corrected chi connectivity index (χ4v) is 3.92. The molecule has 1 aromatic carbocycles. The molecular formula is C19H27NO. The van der Waals surface area contributed by atoms with E-state index in [1.165, 1.54) is 5.39 Å². The lowest BCUT2D eigenvalue weighted by molar-refractivity contribution is 0.351. The monoisotopic (exact) mass is 285 g/mol. The number of fused-ring (bicyclic) bond motifs is 1. The van der Waals surface area contributed by atoms with Crippen molar-refractivity contribution in [2.75, 3.05) is 6.54 Å². The van der Waals surface area contributed by atoms with Crippen LogP contribution < -0.4 is 5.32 Å². The second kappa shape index (κ2) is 4.88. The van der Waals surface area contributed by atoms with Gasteiger partial charge < -0.3 is 9.73 Å². The normalized spacial score (nSPS) is 21.6. The maximum Gasteiger partial charge on any atom is 0.134 e. The Kier molecular flexibility index (Phi) is 3.40. The van der Waals surface area contributed by atoms with Crippen molar-refractivity contribution in [3.8, 4) is 0 Å². The van der Waals surface area contributed by atoms with E-state index >= 15 is 0 Å². The molecule has 2 heteroatoms. The summed E-state index contributed by atoms with van der Waals surface area (Å²) in [5.74, 6) is 1.70. The van der Waals surface area contributed by atoms with Crippen molar-refractivity contribution < 1.29 is 4.42 Å². The molecule has 1 heterocycles. The lowest BCUT2D eigenvalue weighted by atomic mass is 10.0. The van der Waals surface area contributed by atoms with Gasteiger partial charge >= 0.3 is 0 Å². The van der Waals surface area contributed by atoms with E-state index in [2.05, 4.69) is 64.2 Å². The number of hydrogen-bond acceptors (Lipinski definition) is 2. The Morgan fingerprint density at radius 2 is 1.81 bits per heavy atom. The van der Waals surface area contributed by atoms with Crippen LogP contribution in [0.1, 0.15) is 52.8 Å². The van der Waals surface area contributed by atoms with Crippen LogP contribution in [0.25, 0.3) is 11.0 Å². The molecule has 2 nitrogen and oxygen atoms in total. The second-order valence-electron chi connectivity index (χ2n) is 7.54. The van der Waals surface area contributed by atoms with E-state index < -0.39 is 0 Å². The molecule has 2 aromatic rings. The molecule has 0 bridgehead atoms. The molecule has 0 radical (unpaired) electrons. The maximum atomic E-state index is 6.15. The summed E-state index contributed by atoms with van der Waals surface area (Å²) >= 11 is 0. The number of para-hydroxylation sites is 1. The van der Waals surface area contributed by atoms with Crippen LogP contribution in [0.2, 0.25) is 0 Å². The van der Waals surface area contributed by atoms with E-state index in [1.54, 1.807) is 0 Å². The van der Waals surface area contributed by atoms with Crippen molar-refractivity contribution in [2.45, 2.75) is 47.1 Å². The Hall–Kier alpha value is -1.28. The summed E-state index contributed by atoms with van der Waals surface area (Å²) in [5, 5.41) is 4.93. The van der Waals surface area contributed by atoms with Gasteiger partial charge in [-0.3, -0.25) is 0 Å². The SMILES string of the molecule is CCCNC(c1cc2ccccc2o1)C1C(C)(C)C1(C)C. The van der Waals surface area contributed by atoms with E-state index in [9.17, 15) is 0 Å². The molecular weight excluding hydrogens is 258 g/mol. The molecule has 1 atom stereocenters. The van der Waals surface area contributed by atoms with Crippen LogP contribution >= 0.6 is 0 Å². The van der Waals surface area contributed by atoms with Gasteiger partial charge in [0.25, 0.3) is 0 Å². The van der Waals surface area contributed by atoms with Crippen LogP contribution in [0.15, 0.2) is 34.7 Å². The minimum Gasteiger partial charge on any atom is -0.459 e. The van der Waals surface area contributed by atoms with Gasteiger partial charge in [0.2, 0.25) is 0 Å². The minimum atomic E-state index is 0.308. The molecule has 1 unspecified atom stereocenters. The zero-order chi connectivity index (χ0) is 15.3. The first kappa shape index (κ1) is 14.6. The first-order chi connectivity index (χ1) is 9.89. The smallest absolute Gasteiger partial charge is 0.134 e. The molecule has 114 valence electrons. The van der Waals surface area contributed by atoms with Crippen molar-refractivity contribution in [1.82, 2.24) is 5.32 Å². The summed E-state index contributed by atoms with van der Waals surface area (Å²) in [4.78, 5) is 0. The van der Waals surface area contributed by atoms with E-state index in [-0.39, 0.29) is 0 Å². The van der Waals surface area contributed by atoms with Gasteiger partial charge in [0.15, 0.2) is 0 Å². The van der Waals surface area contributed by atoms with Crippen LogP contribution in [0.3, 0.4) is 0 Å². The number of rotatable bonds is 5. The van der Waals surface area contributed by atoms with E-state index in [0.717, 1.165) is 24.3 Å². The van der Waals surface area contributed by atoms with Crippen molar-refractivity contribution >= 4 is 11.0 Å². The molecule has 1 N–H and O–H groups in total. The molecule has 1 aliphatic rings. The first-order valence-corrected chi connectivity index (χ1v) is 8.11. The van der Waals surface area contributed by atoms with Gasteiger partial charge in [0, 0.05) is 5.39 Å². The standard InChI is InChI=1S/C19H27NO/c1-6-11-20-16(17-18(2,3)19(17,4)5)15-12-13-9-7-8-10-14(13)21-15/h7-10,12,16-17,20H,6,11H2,1-5H3. The minimum absolute atomic E-state index is 0.308. The summed E-state index contributed by atoms with van der Waals surface area (Å²) in [7, 11) is 0. The van der Waals surface area contributed by atoms with Crippen molar-refractivity contribution in [3.05, 3.63) is 36.1 Å². The zero-order valence-electron chi connectivity index (χ0n) is 13.9. The summed E-state index contributed by atoms with van der Waals surface area (Å²) in [6, 6.07) is 10.8. The zero-order valence-corrected chi connectivity index (χ0v) is 13.9. The molecule has 1 aliphatic carbocycles. The summed E-state index contributed by atoms with van der Waals surface area (Å²) in [6.07, 6.45) is 1.14. The quantitative estimate of drug-likeness (QED) is 0.821. The van der Waals surface area contributed by atoms with Gasteiger partial charge in [0.05, 0.1) is 6.04 Å². The molecule has 0 spiro atoms. The number of benzene rings is 1. The summed E-state index contributed by atoms with van der Waals surface area (Å²) < 4.78 is 6.15. The molecule has 1 saturated carbocycles. The van der Waals surface area contributed by atoms with Gasteiger partial charge in [-0.05, 0) is 41.8 Å². The third-order valence-corrected chi connectivity index (χ3v) is 5.83. The van der Waals surface area contributed by atoms with E-state index in [1.807, 2.05) is 6.07 Å². The molecule has 0 saturated heterocycles. The fourth-order valence-electron chi connectivity index (χ4n) is 3.92. The maximum absolute atomic E-state index is 6.15. The Bertz CT molecular complexity index is 591. The molecule has 0 amide bonds. The van der Waals surface area contributed by atoms with Gasteiger partial charge in [-0.15, -0.1) is 0 Å². The van der Waals surface area contributed by atoms with Crippen LogP contribution in [0.4, 0.5) is 0 Å². The van der Waals surface area contributed by atoms with Gasteiger partial charge in [-0.2, -0.15) is 0 Å². The Balaban J connectivity index is 1.96. The van der Waals surface area contributed by atoms with Crippen LogP contribution in [-0.4, -0.2) is 6.54 Å². The van der Waals surface area contributed by atoms with Gasteiger partial charge in [-0.1, -0.05) is 52.8 Å².